The van der Waals surface area contributed by atoms with Crippen LogP contribution in [0.5, 0.6) is 0 Å². The normalized spacial score (nSPS) is 13.1. The summed E-state index contributed by atoms with van der Waals surface area (Å²) < 4.78 is 59.3. The Labute approximate surface area is 173 Å². The van der Waals surface area contributed by atoms with Crippen molar-refractivity contribution in [2.75, 3.05) is 0 Å². The highest BCUT2D eigenvalue weighted by Gasteiger charge is 2.27. The summed E-state index contributed by atoms with van der Waals surface area (Å²) in [6.07, 6.45) is 6.58. The first-order valence-corrected chi connectivity index (χ1v) is 10.8. The van der Waals surface area contributed by atoms with Gasteiger partial charge in [0.05, 0.1) is 23.9 Å². The first-order chi connectivity index (χ1) is 13.7. The Morgan fingerprint density at radius 2 is 1.21 bits per heavy atom. The lowest BCUT2D eigenvalue weighted by Gasteiger charge is -2.28. The van der Waals surface area contributed by atoms with Crippen LogP contribution in [0, 0.1) is 17.5 Å². The predicted molar refractivity (Wildman–Crippen MR) is 109 cm³/mol. The van der Waals surface area contributed by atoms with Gasteiger partial charge in [0.2, 0.25) is 0 Å². The molecule has 0 spiro atoms. The van der Waals surface area contributed by atoms with E-state index in [4.69, 9.17) is 14.2 Å². The highest BCUT2D eigenvalue weighted by molar-refractivity contribution is 5.23. The average Bonchev–Trinajstić information content (AvgIpc) is 2.58. The van der Waals surface area contributed by atoms with E-state index in [1.54, 1.807) is 0 Å². The van der Waals surface area contributed by atoms with Crippen molar-refractivity contribution in [2.24, 2.45) is 0 Å². The van der Waals surface area contributed by atoms with Crippen molar-refractivity contribution in [1.82, 2.24) is 0 Å². The first-order valence-electron chi connectivity index (χ1n) is 10.8. The molecule has 1 aromatic rings. The van der Waals surface area contributed by atoms with Crippen molar-refractivity contribution in [1.29, 1.82) is 0 Å². The van der Waals surface area contributed by atoms with Gasteiger partial charge >= 0.3 is 0 Å². The Morgan fingerprint density at radius 1 is 0.724 bits per heavy atom. The molecule has 0 saturated carbocycles. The Morgan fingerprint density at radius 3 is 1.69 bits per heavy atom. The van der Waals surface area contributed by atoms with E-state index in [-0.39, 0.29) is 17.8 Å². The van der Waals surface area contributed by atoms with E-state index in [1.165, 1.54) is 19.3 Å². The summed E-state index contributed by atoms with van der Waals surface area (Å²) in [4.78, 5) is 0. The molecule has 0 aliphatic carbocycles. The molecule has 3 nitrogen and oxygen atoms in total. The first kappa shape index (κ1) is 25.9. The van der Waals surface area contributed by atoms with E-state index >= 15 is 0 Å². The molecule has 0 N–H and O–H groups in total. The van der Waals surface area contributed by atoms with Gasteiger partial charge in [-0.2, -0.15) is 0 Å². The molecule has 1 unspecified atom stereocenters. The van der Waals surface area contributed by atoms with Gasteiger partial charge in [0.15, 0.2) is 0 Å². The molecular weight excluding hydrogens is 381 g/mol. The molecule has 0 saturated heterocycles. The third kappa shape index (κ3) is 10.5. The van der Waals surface area contributed by atoms with Gasteiger partial charge in [0, 0.05) is 12.1 Å². The predicted octanol–water partition coefficient (Wildman–Crippen LogP) is 7.44. The second-order valence-corrected chi connectivity index (χ2v) is 7.98. The van der Waals surface area contributed by atoms with Crippen LogP contribution in [-0.4, -0.2) is 18.7 Å². The summed E-state index contributed by atoms with van der Waals surface area (Å²) >= 11 is 0. The minimum atomic E-state index is -1.06. The maximum Gasteiger partial charge on any atom is 0.272 e. The van der Waals surface area contributed by atoms with Gasteiger partial charge in [-0.1, -0.05) is 51.9 Å². The molecule has 0 heterocycles. The Balaban J connectivity index is 2.87. The zero-order valence-electron chi connectivity index (χ0n) is 18.5. The van der Waals surface area contributed by atoms with E-state index in [0.29, 0.717) is 18.6 Å². The highest BCUT2D eigenvalue weighted by atomic mass is 19.1. The zero-order chi connectivity index (χ0) is 21.8. The minimum Gasteiger partial charge on any atom is -0.327 e. The summed E-state index contributed by atoms with van der Waals surface area (Å²) in [7, 11) is 0. The van der Waals surface area contributed by atoms with Crippen LogP contribution < -0.4 is 0 Å². The molecule has 0 aromatic heterocycles. The third-order valence-electron chi connectivity index (χ3n) is 4.48. The summed E-state index contributed by atoms with van der Waals surface area (Å²) in [6, 6.07) is 1.36. The van der Waals surface area contributed by atoms with E-state index in [0.717, 1.165) is 25.7 Å². The fourth-order valence-corrected chi connectivity index (χ4v) is 3.10. The van der Waals surface area contributed by atoms with Gasteiger partial charge in [-0.15, -0.1) is 0 Å². The molecular formula is C23H37F3O3. The van der Waals surface area contributed by atoms with Crippen LogP contribution in [-0.2, 0) is 14.2 Å². The van der Waals surface area contributed by atoms with Gasteiger partial charge < -0.3 is 14.2 Å². The SMILES string of the molecule is CCCCCCCCCC(OC(OC(C)C)OC(C)C)c1c(F)cc(F)cc1F. The maximum absolute atomic E-state index is 14.4. The molecule has 0 radical (unpaired) electrons. The largest absolute Gasteiger partial charge is 0.327 e. The third-order valence-corrected chi connectivity index (χ3v) is 4.48. The molecule has 6 heteroatoms. The smallest absolute Gasteiger partial charge is 0.272 e. The van der Waals surface area contributed by atoms with Crippen LogP contribution in [0.2, 0.25) is 0 Å². The van der Waals surface area contributed by atoms with Crippen molar-refractivity contribution >= 4 is 0 Å². The standard InChI is InChI=1S/C23H37F3O3/c1-6-7-8-9-10-11-12-13-21(22-19(25)14-18(24)15-20(22)26)29-23(27-16(2)3)28-17(4)5/h14-17,21,23H,6-13H2,1-5H3. The molecule has 0 aliphatic heterocycles. The number of rotatable bonds is 15. The zero-order valence-corrected chi connectivity index (χ0v) is 18.5. The van der Waals surface area contributed by atoms with Gasteiger partial charge in [0.1, 0.15) is 17.5 Å². The number of hydrogen-bond donors (Lipinski definition) is 0. The van der Waals surface area contributed by atoms with Crippen molar-refractivity contribution < 1.29 is 27.4 Å². The molecule has 1 rings (SSSR count). The fraction of sp³-hybridized carbons (Fsp3) is 0.739. The topological polar surface area (TPSA) is 27.7 Å². The lowest BCUT2D eigenvalue weighted by atomic mass is 10.0. The van der Waals surface area contributed by atoms with E-state index in [1.807, 2.05) is 27.7 Å². The molecule has 1 atom stereocenters. The van der Waals surface area contributed by atoms with Crippen LogP contribution in [0.4, 0.5) is 13.2 Å². The Hall–Kier alpha value is -1.11. The van der Waals surface area contributed by atoms with Crippen LogP contribution in [0.1, 0.15) is 97.7 Å². The van der Waals surface area contributed by atoms with Gasteiger partial charge in [-0.3, -0.25) is 0 Å². The molecule has 1 aromatic carbocycles. The average molecular weight is 419 g/mol. The second-order valence-electron chi connectivity index (χ2n) is 7.98. The van der Waals surface area contributed by atoms with Gasteiger partial charge in [-0.25, -0.2) is 13.2 Å². The Bertz CT molecular complexity index is 545. The molecule has 29 heavy (non-hydrogen) atoms. The minimum absolute atomic E-state index is 0.194. The van der Waals surface area contributed by atoms with Gasteiger partial charge in [-0.05, 0) is 34.1 Å². The van der Waals surface area contributed by atoms with E-state index in [2.05, 4.69) is 6.92 Å². The monoisotopic (exact) mass is 418 g/mol. The van der Waals surface area contributed by atoms with Crippen molar-refractivity contribution in [2.45, 2.75) is 111 Å². The summed E-state index contributed by atoms with van der Waals surface area (Å²) in [5.41, 5.74) is -0.276. The number of unbranched alkanes of at least 4 members (excludes halogenated alkanes) is 6. The number of ether oxygens (including phenoxy) is 3. The number of benzene rings is 1. The molecule has 0 bridgehead atoms. The summed E-state index contributed by atoms with van der Waals surface area (Å²) in [5, 5.41) is 0. The maximum atomic E-state index is 14.4. The molecule has 0 fully saturated rings. The number of hydrogen-bond acceptors (Lipinski definition) is 3. The van der Waals surface area contributed by atoms with Crippen LogP contribution >= 0.6 is 0 Å². The van der Waals surface area contributed by atoms with Crippen molar-refractivity contribution in [3.05, 3.63) is 35.1 Å². The van der Waals surface area contributed by atoms with Gasteiger partial charge in [0.25, 0.3) is 6.48 Å². The fourth-order valence-electron chi connectivity index (χ4n) is 3.10. The van der Waals surface area contributed by atoms with Crippen LogP contribution in [0.15, 0.2) is 12.1 Å². The molecule has 0 amide bonds. The van der Waals surface area contributed by atoms with Crippen molar-refractivity contribution in [3.8, 4) is 0 Å². The lowest BCUT2D eigenvalue weighted by Crippen LogP contribution is -2.29. The lowest BCUT2D eigenvalue weighted by molar-refractivity contribution is -0.328. The quantitative estimate of drug-likeness (QED) is 0.219. The van der Waals surface area contributed by atoms with E-state index < -0.39 is 30.0 Å². The summed E-state index contributed by atoms with van der Waals surface area (Å²) in [6.45, 7) is 8.40. The summed E-state index contributed by atoms with van der Waals surface area (Å²) in [5.74, 6) is -2.86. The van der Waals surface area contributed by atoms with Crippen LogP contribution in [0.3, 0.4) is 0 Å². The Kier molecular flexibility index (Phi) is 12.5. The highest BCUT2D eigenvalue weighted by Crippen LogP contribution is 2.31. The second kappa shape index (κ2) is 14.0. The molecule has 168 valence electrons. The van der Waals surface area contributed by atoms with E-state index in [9.17, 15) is 13.2 Å². The van der Waals surface area contributed by atoms with Crippen molar-refractivity contribution in [3.63, 3.8) is 0 Å². The molecule has 0 aliphatic rings. The van der Waals surface area contributed by atoms with Crippen LogP contribution in [0.25, 0.3) is 0 Å². The number of halogens is 3.